The Labute approximate surface area is 151 Å². The third-order valence-electron chi connectivity index (χ3n) is 4.03. The molecular weight excluding hydrogens is 330 g/mol. The Bertz CT molecular complexity index is 867. The number of nitrogens with one attached hydrogen (secondary N) is 1. The van der Waals surface area contributed by atoms with Crippen LogP contribution in [0.15, 0.2) is 59.6 Å². The normalized spacial score (nSPS) is 19.3. The predicted octanol–water partition coefficient (Wildman–Crippen LogP) is 3.34. The predicted molar refractivity (Wildman–Crippen MR) is 104 cm³/mol. The van der Waals surface area contributed by atoms with Gasteiger partial charge in [-0.2, -0.15) is 0 Å². The van der Waals surface area contributed by atoms with Gasteiger partial charge in [0.1, 0.15) is 0 Å². The maximum Gasteiger partial charge on any atom is 0.300 e. The molecule has 5 heteroatoms. The maximum absolute atomic E-state index is 12.1. The van der Waals surface area contributed by atoms with Crippen molar-refractivity contribution >= 4 is 28.5 Å². The zero-order valence-corrected chi connectivity index (χ0v) is 14.8. The number of nitrogens with zero attached hydrogens (tertiary/aromatic N) is 1. The van der Waals surface area contributed by atoms with E-state index in [2.05, 4.69) is 29.1 Å². The lowest BCUT2D eigenvalue weighted by Gasteiger charge is -2.30. The van der Waals surface area contributed by atoms with Crippen LogP contribution in [0.2, 0.25) is 0 Å². The number of anilines is 1. The van der Waals surface area contributed by atoms with Crippen molar-refractivity contribution in [2.75, 3.05) is 11.1 Å². The summed E-state index contributed by atoms with van der Waals surface area (Å²) in [5.74, 6) is 6.06. The molecule has 2 aromatic carbocycles. The molecule has 3 N–H and O–H groups in total. The molecule has 0 saturated heterocycles. The van der Waals surface area contributed by atoms with Crippen LogP contribution in [0.4, 0.5) is 5.69 Å². The number of benzene rings is 2. The van der Waals surface area contributed by atoms with Crippen molar-refractivity contribution < 1.29 is 4.79 Å². The zero-order chi connectivity index (χ0) is 17.7. The molecule has 0 aromatic heterocycles. The van der Waals surface area contributed by atoms with Gasteiger partial charge in [-0.25, -0.2) is 0 Å². The second-order valence-electron chi connectivity index (χ2n) is 5.97. The fraction of sp³-hybridized carbons (Fsp3) is 0.200. The number of nitrogens with two attached hydrogens (primary N) is 1. The molecule has 1 atom stereocenters. The summed E-state index contributed by atoms with van der Waals surface area (Å²) in [5, 5.41) is 3.43. The van der Waals surface area contributed by atoms with Crippen molar-refractivity contribution in [2.45, 2.75) is 18.9 Å². The molecule has 0 unspecified atom stereocenters. The Morgan fingerprint density at radius 1 is 1.24 bits per heavy atom. The molecule has 126 valence electrons. The van der Waals surface area contributed by atoms with Crippen LogP contribution in [0.3, 0.4) is 0 Å². The zero-order valence-electron chi connectivity index (χ0n) is 14.0. The van der Waals surface area contributed by atoms with Gasteiger partial charge in [0.2, 0.25) is 0 Å². The Kier molecular flexibility index (Phi) is 5.11. The molecule has 4 nitrogen and oxygen atoms in total. The summed E-state index contributed by atoms with van der Waals surface area (Å²) in [6.07, 6.45) is 0.906. The van der Waals surface area contributed by atoms with Gasteiger partial charge in [-0.1, -0.05) is 48.0 Å². The first-order valence-corrected chi connectivity index (χ1v) is 9.00. The van der Waals surface area contributed by atoms with Gasteiger partial charge in [0.05, 0.1) is 5.54 Å². The van der Waals surface area contributed by atoms with Crippen molar-refractivity contribution in [1.29, 1.82) is 0 Å². The minimum atomic E-state index is -0.355. The van der Waals surface area contributed by atoms with Crippen LogP contribution in [0.1, 0.15) is 24.5 Å². The van der Waals surface area contributed by atoms with E-state index in [9.17, 15) is 4.79 Å². The molecule has 2 aromatic rings. The fourth-order valence-corrected chi connectivity index (χ4v) is 3.61. The number of rotatable bonds is 2. The second-order valence-corrected chi connectivity index (χ2v) is 7.09. The van der Waals surface area contributed by atoms with Crippen molar-refractivity contribution in [2.24, 2.45) is 10.7 Å². The topological polar surface area (TPSA) is 67.5 Å². The van der Waals surface area contributed by atoms with E-state index in [0.29, 0.717) is 10.9 Å². The van der Waals surface area contributed by atoms with Crippen molar-refractivity contribution in [1.82, 2.24) is 0 Å². The van der Waals surface area contributed by atoms with Gasteiger partial charge in [-0.15, -0.1) is 0 Å². The molecule has 0 saturated carbocycles. The number of hydrogen-bond donors (Lipinski definition) is 2. The first-order chi connectivity index (χ1) is 12.0. The van der Waals surface area contributed by atoms with Gasteiger partial charge in [0, 0.05) is 22.9 Å². The van der Waals surface area contributed by atoms with E-state index in [1.54, 1.807) is 11.8 Å². The molecule has 1 amide bonds. The molecule has 1 heterocycles. The van der Waals surface area contributed by atoms with Gasteiger partial charge in [0.25, 0.3) is 0 Å². The average Bonchev–Trinajstić information content (AvgIpc) is 2.61. The minimum Gasteiger partial charge on any atom is -0.379 e. The van der Waals surface area contributed by atoms with E-state index in [-0.39, 0.29) is 11.4 Å². The van der Waals surface area contributed by atoms with Gasteiger partial charge in [0.15, 0.2) is 5.17 Å². The van der Waals surface area contributed by atoms with E-state index in [0.717, 1.165) is 23.3 Å². The van der Waals surface area contributed by atoms with Crippen LogP contribution in [-0.4, -0.2) is 16.8 Å². The van der Waals surface area contributed by atoms with E-state index in [4.69, 9.17) is 5.73 Å². The molecule has 1 aliphatic rings. The van der Waals surface area contributed by atoms with Crippen LogP contribution < -0.4 is 11.1 Å². The highest BCUT2D eigenvalue weighted by Crippen LogP contribution is 2.35. The van der Waals surface area contributed by atoms with E-state index >= 15 is 0 Å². The number of carbonyl (C=O) groups excluding carboxylic acids is 1. The summed E-state index contributed by atoms with van der Waals surface area (Å²) >= 11 is 1.57. The summed E-state index contributed by atoms with van der Waals surface area (Å²) in [5.41, 5.74) is 8.08. The number of aliphatic imine (C=N–C) groups is 1. The Morgan fingerprint density at radius 2 is 2.04 bits per heavy atom. The average molecular weight is 349 g/mol. The molecular formula is C20H19N3OS. The molecule has 0 fully saturated rings. The first kappa shape index (κ1) is 17.1. The third kappa shape index (κ3) is 4.43. The van der Waals surface area contributed by atoms with Gasteiger partial charge in [-0.3, -0.25) is 9.79 Å². The van der Waals surface area contributed by atoms with Crippen LogP contribution in [0.5, 0.6) is 0 Å². The minimum absolute atomic E-state index is 0.339. The summed E-state index contributed by atoms with van der Waals surface area (Å²) in [6.45, 7) is 2.07. The van der Waals surface area contributed by atoms with Crippen molar-refractivity contribution in [3.63, 3.8) is 0 Å². The molecule has 0 spiro atoms. The SMILES string of the molecule is C[C@@]1(c2cccc(NC(=O)C#Cc3ccccc3)c2)CCSC(N)=N1. The van der Waals surface area contributed by atoms with Gasteiger partial charge >= 0.3 is 5.91 Å². The number of amidine groups is 1. The van der Waals surface area contributed by atoms with Crippen LogP contribution in [0.25, 0.3) is 0 Å². The van der Waals surface area contributed by atoms with E-state index < -0.39 is 0 Å². The molecule has 1 aliphatic heterocycles. The highest BCUT2D eigenvalue weighted by atomic mass is 32.2. The van der Waals surface area contributed by atoms with E-state index in [1.165, 1.54) is 0 Å². The largest absolute Gasteiger partial charge is 0.379 e. The Balaban J connectivity index is 1.75. The number of carbonyl (C=O) groups is 1. The van der Waals surface area contributed by atoms with Gasteiger partial charge < -0.3 is 11.1 Å². The highest BCUT2D eigenvalue weighted by Gasteiger charge is 2.29. The van der Waals surface area contributed by atoms with Crippen LogP contribution >= 0.6 is 11.8 Å². The molecule has 0 aliphatic carbocycles. The quantitative estimate of drug-likeness (QED) is 0.817. The molecule has 25 heavy (non-hydrogen) atoms. The Morgan fingerprint density at radius 3 is 2.80 bits per heavy atom. The lowest BCUT2D eigenvalue weighted by atomic mass is 9.89. The number of amides is 1. The lowest BCUT2D eigenvalue weighted by molar-refractivity contribution is -0.111. The third-order valence-corrected chi connectivity index (χ3v) is 4.83. The highest BCUT2D eigenvalue weighted by molar-refractivity contribution is 8.13. The van der Waals surface area contributed by atoms with Crippen molar-refractivity contribution in [3.05, 3.63) is 65.7 Å². The number of thioether (sulfide) groups is 1. The molecule has 0 bridgehead atoms. The summed E-state index contributed by atoms with van der Waals surface area (Å²) in [6, 6.07) is 17.1. The Hall–Kier alpha value is -2.71. The smallest absolute Gasteiger partial charge is 0.300 e. The fourth-order valence-electron chi connectivity index (χ4n) is 2.64. The summed E-state index contributed by atoms with van der Waals surface area (Å²) in [4.78, 5) is 16.7. The second kappa shape index (κ2) is 7.45. The van der Waals surface area contributed by atoms with Crippen molar-refractivity contribution in [3.8, 4) is 11.8 Å². The number of hydrogen-bond acceptors (Lipinski definition) is 4. The lowest BCUT2D eigenvalue weighted by Crippen LogP contribution is -2.28. The van der Waals surface area contributed by atoms with Crippen LogP contribution in [-0.2, 0) is 10.3 Å². The van der Waals surface area contributed by atoms with E-state index in [1.807, 2.05) is 54.6 Å². The van der Waals surface area contributed by atoms with Gasteiger partial charge in [-0.05, 0) is 43.2 Å². The summed E-state index contributed by atoms with van der Waals surface area (Å²) in [7, 11) is 0. The van der Waals surface area contributed by atoms with Crippen LogP contribution in [0, 0.1) is 11.8 Å². The monoisotopic (exact) mass is 349 g/mol. The molecule has 0 radical (unpaired) electrons. The first-order valence-electron chi connectivity index (χ1n) is 8.02. The molecule has 3 rings (SSSR count). The summed E-state index contributed by atoms with van der Waals surface area (Å²) < 4.78 is 0. The maximum atomic E-state index is 12.1. The standard InChI is InChI=1S/C20H19N3OS/c1-20(12-13-25-19(21)23-20)16-8-5-9-17(14-16)22-18(24)11-10-15-6-3-2-4-7-15/h2-9,14H,12-13H2,1H3,(H2,21,23)(H,22,24)/t20-/m0/s1.